The molecule has 7 nitrogen and oxygen atoms in total. The summed E-state index contributed by atoms with van der Waals surface area (Å²) in [7, 11) is -2.04. The Kier molecular flexibility index (Phi) is 4.94. The van der Waals surface area contributed by atoms with Crippen molar-refractivity contribution in [1.82, 2.24) is 10.0 Å². The summed E-state index contributed by atoms with van der Waals surface area (Å²) in [6.45, 7) is 1.94. The van der Waals surface area contributed by atoms with E-state index in [1.54, 1.807) is 32.2 Å². The minimum Gasteiger partial charge on any atom is -0.497 e. The predicted molar refractivity (Wildman–Crippen MR) is 97.6 cm³/mol. The van der Waals surface area contributed by atoms with Crippen molar-refractivity contribution >= 4 is 21.8 Å². The van der Waals surface area contributed by atoms with Gasteiger partial charge in [-0.3, -0.25) is 14.5 Å². The van der Waals surface area contributed by atoms with E-state index in [1.165, 1.54) is 6.07 Å². The van der Waals surface area contributed by atoms with E-state index in [0.717, 1.165) is 5.56 Å². The molecule has 0 radical (unpaired) electrons. The third kappa shape index (κ3) is 3.70. The fourth-order valence-electron chi connectivity index (χ4n) is 2.60. The summed E-state index contributed by atoms with van der Waals surface area (Å²) >= 11 is 0. The topological polar surface area (TPSA) is 96.9 Å². The maximum absolute atomic E-state index is 12.3. The summed E-state index contributed by atoms with van der Waals surface area (Å²) in [6.07, 6.45) is 0. The minimum atomic E-state index is -3.62. The quantitative estimate of drug-likeness (QED) is 0.829. The average Bonchev–Trinajstić information content (AvgIpc) is 2.90. The van der Waals surface area contributed by atoms with Crippen LogP contribution in [0.25, 0.3) is 0 Å². The highest BCUT2D eigenvalue weighted by molar-refractivity contribution is 7.90. The number of ether oxygens (including phenoxy) is 1. The first-order valence-corrected chi connectivity index (χ1v) is 9.49. The molecule has 0 unspecified atom stereocenters. The second kappa shape index (κ2) is 7.17. The van der Waals surface area contributed by atoms with Gasteiger partial charge in [0.05, 0.1) is 12.0 Å². The van der Waals surface area contributed by atoms with Gasteiger partial charge in [-0.15, -0.1) is 0 Å². The van der Waals surface area contributed by atoms with E-state index in [2.05, 4.69) is 15.0 Å². The van der Waals surface area contributed by atoms with Crippen molar-refractivity contribution in [1.29, 1.82) is 0 Å². The van der Waals surface area contributed by atoms with Crippen molar-refractivity contribution in [2.24, 2.45) is 4.99 Å². The highest BCUT2D eigenvalue weighted by Gasteiger charge is 2.31. The van der Waals surface area contributed by atoms with Gasteiger partial charge in [0.25, 0.3) is 10.0 Å². The van der Waals surface area contributed by atoms with Crippen LogP contribution in [0.2, 0.25) is 0 Å². The molecular formula is C18H19N3O4S. The molecule has 2 N–H and O–H groups in total. The number of nitrogens with one attached hydrogen (secondary N) is 2. The van der Waals surface area contributed by atoms with Crippen molar-refractivity contribution in [2.75, 3.05) is 7.11 Å². The van der Waals surface area contributed by atoms with E-state index in [1.807, 2.05) is 24.3 Å². The van der Waals surface area contributed by atoms with Crippen molar-refractivity contribution < 1.29 is 17.9 Å². The van der Waals surface area contributed by atoms with Crippen LogP contribution in [0.3, 0.4) is 0 Å². The van der Waals surface area contributed by atoms with E-state index < -0.39 is 16.1 Å². The molecule has 0 aliphatic carbocycles. The number of methoxy groups -OCH3 is 1. The number of carbonyl (C=O) groups is 1. The maximum atomic E-state index is 12.3. The average molecular weight is 373 g/mol. The molecule has 0 aromatic heterocycles. The van der Waals surface area contributed by atoms with Crippen molar-refractivity contribution in [3.05, 3.63) is 59.7 Å². The van der Waals surface area contributed by atoms with E-state index in [0.29, 0.717) is 17.9 Å². The molecular weight excluding hydrogens is 354 g/mol. The number of hydrogen-bond acceptors (Lipinski definition) is 5. The van der Waals surface area contributed by atoms with Gasteiger partial charge in [0.2, 0.25) is 5.91 Å². The van der Waals surface area contributed by atoms with E-state index in [-0.39, 0.29) is 16.6 Å². The summed E-state index contributed by atoms with van der Waals surface area (Å²) in [5, 5.41) is 2.79. The molecule has 0 saturated heterocycles. The third-order valence-corrected chi connectivity index (χ3v) is 5.36. The van der Waals surface area contributed by atoms with Gasteiger partial charge in [-0.2, -0.15) is 0 Å². The normalized spacial score (nSPS) is 17.2. The lowest BCUT2D eigenvalue weighted by molar-refractivity contribution is -0.122. The molecule has 0 bridgehead atoms. The zero-order chi connectivity index (χ0) is 18.7. The molecule has 1 aliphatic heterocycles. The zero-order valence-electron chi connectivity index (χ0n) is 14.4. The van der Waals surface area contributed by atoms with E-state index in [4.69, 9.17) is 4.74 Å². The molecule has 2 aromatic carbocycles. The van der Waals surface area contributed by atoms with E-state index >= 15 is 0 Å². The van der Waals surface area contributed by atoms with Crippen LogP contribution in [0.5, 0.6) is 5.75 Å². The Hall–Kier alpha value is -2.87. The van der Waals surface area contributed by atoms with Crippen molar-refractivity contribution in [3.63, 3.8) is 0 Å². The smallest absolute Gasteiger partial charge is 0.263 e. The Morgan fingerprint density at radius 3 is 2.77 bits per heavy atom. The Balaban J connectivity index is 1.71. The standard InChI is InChI=1S/C18H19N3O4S/c1-12(18(22)19-11-13-6-5-7-14(10-13)25-2)20-17-15-8-3-4-9-16(15)26(23,24)21-17/h3-10,12H,11H2,1-2H3,(H,19,22)(H,20,21)/t12-/m0/s1. The number of rotatable bonds is 5. The van der Waals surface area contributed by atoms with Gasteiger partial charge in [-0.1, -0.05) is 24.3 Å². The molecule has 0 saturated carbocycles. The zero-order valence-corrected chi connectivity index (χ0v) is 15.2. The van der Waals surface area contributed by atoms with Gasteiger partial charge in [-0.25, -0.2) is 8.42 Å². The largest absolute Gasteiger partial charge is 0.497 e. The highest BCUT2D eigenvalue weighted by Crippen LogP contribution is 2.22. The molecule has 26 heavy (non-hydrogen) atoms. The van der Waals surface area contributed by atoms with E-state index in [9.17, 15) is 13.2 Å². The first-order valence-electron chi connectivity index (χ1n) is 8.01. The van der Waals surface area contributed by atoms with Crippen LogP contribution in [0.15, 0.2) is 58.4 Å². The highest BCUT2D eigenvalue weighted by atomic mass is 32.2. The van der Waals surface area contributed by atoms with Crippen molar-refractivity contribution in [3.8, 4) is 5.75 Å². The van der Waals surface area contributed by atoms with Crippen LogP contribution in [-0.2, 0) is 21.4 Å². The fourth-order valence-corrected chi connectivity index (χ4v) is 3.84. The maximum Gasteiger partial charge on any atom is 0.263 e. The SMILES string of the molecule is COc1cccc(CNC(=O)[C@H](C)N=C2NS(=O)(=O)c3ccccc32)c1. The minimum absolute atomic E-state index is 0.169. The molecule has 3 rings (SSSR count). The van der Waals surface area contributed by atoms with Crippen LogP contribution in [0, 0.1) is 0 Å². The Morgan fingerprint density at radius 2 is 2.00 bits per heavy atom. The number of fused-ring (bicyclic) bond motifs is 1. The van der Waals surface area contributed by atoms with Crippen LogP contribution in [-0.4, -0.2) is 33.3 Å². The molecule has 1 amide bonds. The number of hydrogen-bond donors (Lipinski definition) is 2. The number of aliphatic imine (C=N–C) groups is 1. The Bertz CT molecular complexity index is 970. The lowest BCUT2D eigenvalue weighted by Gasteiger charge is -2.10. The number of benzene rings is 2. The predicted octanol–water partition coefficient (Wildman–Crippen LogP) is 1.44. The van der Waals surface area contributed by atoms with Crippen LogP contribution >= 0.6 is 0 Å². The van der Waals surface area contributed by atoms with Crippen LogP contribution in [0.4, 0.5) is 0 Å². The fraction of sp³-hybridized carbons (Fsp3) is 0.222. The van der Waals surface area contributed by atoms with Gasteiger partial charge < -0.3 is 10.1 Å². The summed E-state index contributed by atoms with van der Waals surface area (Å²) in [6, 6.07) is 13.2. The number of amidine groups is 1. The third-order valence-electron chi connectivity index (χ3n) is 3.97. The van der Waals surface area contributed by atoms with Crippen LogP contribution < -0.4 is 14.8 Å². The number of nitrogens with zero attached hydrogens (tertiary/aromatic N) is 1. The Morgan fingerprint density at radius 1 is 1.23 bits per heavy atom. The molecule has 1 atom stereocenters. The number of carbonyl (C=O) groups excluding carboxylic acids is 1. The molecule has 1 aliphatic rings. The second-order valence-electron chi connectivity index (χ2n) is 5.82. The number of sulfonamides is 1. The lowest BCUT2D eigenvalue weighted by Crippen LogP contribution is -2.33. The van der Waals surface area contributed by atoms with Gasteiger partial charge in [0.15, 0.2) is 0 Å². The molecule has 0 fully saturated rings. The van der Waals surface area contributed by atoms with Gasteiger partial charge >= 0.3 is 0 Å². The summed E-state index contributed by atoms with van der Waals surface area (Å²) in [5.74, 6) is 0.593. The molecule has 2 aromatic rings. The molecule has 8 heteroatoms. The lowest BCUT2D eigenvalue weighted by atomic mass is 10.2. The second-order valence-corrected chi connectivity index (χ2v) is 7.48. The number of amides is 1. The first-order chi connectivity index (χ1) is 12.4. The molecule has 1 heterocycles. The van der Waals surface area contributed by atoms with Gasteiger partial charge in [-0.05, 0) is 36.8 Å². The molecule has 136 valence electrons. The molecule has 0 spiro atoms. The Labute approximate surface area is 152 Å². The van der Waals surface area contributed by atoms with Crippen molar-refractivity contribution in [2.45, 2.75) is 24.4 Å². The van der Waals surface area contributed by atoms with Gasteiger partial charge in [0.1, 0.15) is 17.6 Å². The monoisotopic (exact) mass is 373 g/mol. The first kappa shape index (κ1) is 17.9. The summed E-state index contributed by atoms with van der Waals surface area (Å²) in [4.78, 5) is 16.7. The summed E-state index contributed by atoms with van der Waals surface area (Å²) < 4.78 is 31.7. The van der Waals surface area contributed by atoms with Gasteiger partial charge in [0, 0.05) is 12.1 Å². The van der Waals surface area contributed by atoms with Crippen LogP contribution in [0.1, 0.15) is 18.1 Å². The summed E-state index contributed by atoms with van der Waals surface area (Å²) in [5.41, 5.74) is 1.37.